The Kier molecular flexibility index (Phi) is 2.07. The Morgan fingerprint density at radius 2 is 2.00 bits per heavy atom. The van der Waals surface area contributed by atoms with Crippen molar-refractivity contribution in [3.63, 3.8) is 0 Å². The number of hydrogen-bond acceptors (Lipinski definition) is 3. The minimum atomic E-state index is -4.62. The first-order valence-corrected chi connectivity index (χ1v) is 4.19. The normalized spacial score (nSPS) is 12.3. The van der Waals surface area contributed by atoms with Crippen molar-refractivity contribution in [3.8, 4) is 0 Å². The number of hydrogen-bond donors (Lipinski definition) is 0. The molecular formula is C7H4ClF3N4. The molecule has 4 nitrogen and oxygen atoms in total. The molecule has 0 aliphatic heterocycles. The molecule has 0 N–H and O–H groups in total. The van der Waals surface area contributed by atoms with Gasteiger partial charge in [-0.05, 0) is 0 Å². The molecule has 2 aromatic heterocycles. The van der Waals surface area contributed by atoms with Crippen molar-refractivity contribution in [3.05, 3.63) is 17.3 Å². The molecule has 0 aromatic carbocycles. The second-order valence-electron chi connectivity index (χ2n) is 2.86. The van der Waals surface area contributed by atoms with Crippen LogP contribution < -0.4 is 0 Å². The highest BCUT2D eigenvalue weighted by Gasteiger charge is 2.35. The number of nitrogens with zero attached hydrogens (tertiary/aromatic N) is 4. The van der Waals surface area contributed by atoms with E-state index in [1.165, 1.54) is 10.9 Å². The lowest BCUT2D eigenvalue weighted by molar-refractivity contribution is -0.144. The Bertz CT molecular complexity index is 519. The van der Waals surface area contributed by atoms with Gasteiger partial charge in [0.25, 0.3) is 0 Å². The van der Waals surface area contributed by atoms with Crippen molar-refractivity contribution >= 4 is 22.8 Å². The molecule has 15 heavy (non-hydrogen) atoms. The van der Waals surface area contributed by atoms with Gasteiger partial charge in [-0.25, -0.2) is 15.0 Å². The lowest BCUT2D eigenvalue weighted by Crippen LogP contribution is -2.11. The predicted molar refractivity (Wildman–Crippen MR) is 46.3 cm³/mol. The monoisotopic (exact) mass is 236 g/mol. The summed E-state index contributed by atoms with van der Waals surface area (Å²) in [6.45, 7) is 0. The van der Waals surface area contributed by atoms with Gasteiger partial charge in [0, 0.05) is 7.05 Å². The second kappa shape index (κ2) is 3.06. The van der Waals surface area contributed by atoms with E-state index in [9.17, 15) is 13.2 Å². The summed E-state index contributed by atoms with van der Waals surface area (Å²) in [6, 6.07) is 0. The van der Waals surface area contributed by atoms with E-state index in [1.807, 2.05) is 0 Å². The molecule has 0 spiro atoms. The molecular weight excluding hydrogens is 233 g/mol. The number of halogens is 4. The van der Waals surface area contributed by atoms with Gasteiger partial charge in [0.05, 0.1) is 6.33 Å². The van der Waals surface area contributed by atoms with Crippen LogP contribution in [-0.4, -0.2) is 19.5 Å². The lowest BCUT2D eigenvalue weighted by atomic mass is 10.5. The third-order valence-electron chi connectivity index (χ3n) is 1.78. The van der Waals surface area contributed by atoms with Gasteiger partial charge in [-0.15, -0.1) is 0 Å². The van der Waals surface area contributed by atoms with Gasteiger partial charge < -0.3 is 4.57 Å². The van der Waals surface area contributed by atoms with Gasteiger partial charge in [-0.2, -0.15) is 13.2 Å². The van der Waals surface area contributed by atoms with Crippen LogP contribution >= 0.6 is 11.6 Å². The fourth-order valence-electron chi connectivity index (χ4n) is 1.14. The molecule has 8 heteroatoms. The summed E-state index contributed by atoms with van der Waals surface area (Å²) in [4.78, 5) is 10.1. The van der Waals surface area contributed by atoms with E-state index in [4.69, 9.17) is 11.6 Å². The van der Waals surface area contributed by atoms with Crippen molar-refractivity contribution in [2.45, 2.75) is 6.18 Å². The molecule has 0 fully saturated rings. The van der Waals surface area contributed by atoms with Crippen LogP contribution in [0.4, 0.5) is 13.2 Å². The van der Waals surface area contributed by atoms with E-state index >= 15 is 0 Å². The largest absolute Gasteiger partial charge is 0.451 e. The maximum absolute atomic E-state index is 12.3. The zero-order chi connectivity index (χ0) is 11.2. The van der Waals surface area contributed by atoms with Crippen molar-refractivity contribution < 1.29 is 13.2 Å². The van der Waals surface area contributed by atoms with Gasteiger partial charge in [0.2, 0.25) is 5.82 Å². The highest BCUT2D eigenvalue weighted by molar-refractivity contribution is 6.33. The van der Waals surface area contributed by atoms with Crippen LogP contribution in [0.25, 0.3) is 11.2 Å². The summed E-state index contributed by atoms with van der Waals surface area (Å²) in [5.41, 5.74) is 0.217. The van der Waals surface area contributed by atoms with Gasteiger partial charge in [-0.1, -0.05) is 11.6 Å². The van der Waals surface area contributed by atoms with E-state index < -0.39 is 12.0 Å². The first kappa shape index (κ1) is 10.2. The number of aromatic nitrogens is 4. The third kappa shape index (κ3) is 1.63. The van der Waals surface area contributed by atoms with Crippen molar-refractivity contribution in [1.82, 2.24) is 19.5 Å². The van der Waals surface area contributed by atoms with E-state index in [0.717, 1.165) is 0 Å². The van der Waals surface area contributed by atoms with Crippen LogP contribution in [0.15, 0.2) is 6.33 Å². The average Bonchev–Trinajstić information content (AvgIpc) is 2.46. The van der Waals surface area contributed by atoms with Crippen LogP contribution in [0.3, 0.4) is 0 Å². The van der Waals surface area contributed by atoms with E-state index in [2.05, 4.69) is 15.0 Å². The van der Waals surface area contributed by atoms with Crippen LogP contribution in [0.2, 0.25) is 5.15 Å². The van der Waals surface area contributed by atoms with Crippen molar-refractivity contribution in [2.24, 2.45) is 7.05 Å². The molecule has 0 aliphatic carbocycles. The van der Waals surface area contributed by atoms with E-state index in [-0.39, 0.29) is 16.3 Å². The fraction of sp³-hybridized carbons (Fsp3) is 0.286. The minimum Gasteiger partial charge on any atom is -0.330 e. The zero-order valence-electron chi connectivity index (χ0n) is 7.38. The summed E-state index contributed by atoms with van der Waals surface area (Å²) in [5.74, 6) is -1.28. The summed E-state index contributed by atoms with van der Waals surface area (Å²) >= 11 is 5.60. The molecule has 0 atom stereocenters. The first-order chi connectivity index (χ1) is 6.89. The van der Waals surface area contributed by atoms with Crippen molar-refractivity contribution in [1.29, 1.82) is 0 Å². The molecule has 80 valence electrons. The number of rotatable bonds is 0. The van der Waals surface area contributed by atoms with Crippen LogP contribution in [0.5, 0.6) is 0 Å². The molecule has 0 bridgehead atoms. The standard InChI is InChI=1S/C7H4ClF3N4/c1-15-2-12-5-3(15)4(8)13-6(14-5)7(9,10)11/h2H,1H3. The smallest absolute Gasteiger partial charge is 0.330 e. The van der Waals surface area contributed by atoms with Crippen LogP contribution in [-0.2, 0) is 13.2 Å². The maximum atomic E-state index is 12.3. The maximum Gasteiger partial charge on any atom is 0.451 e. The Labute approximate surface area is 86.7 Å². The summed E-state index contributed by atoms with van der Waals surface area (Å²) < 4.78 is 38.3. The third-order valence-corrected chi connectivity index (χ3v) is 2.05. The van der Waals surface area contributed by atoms with Gasteiger partial charge >= 0.3 is 6.18 Å². The predicted octanol–water partition coefficient (Wildman–Crippen LogP) is 2.04. The van der Waals surface area contributed by atoms with Crippen molar-refractivity contribution in [2.75, 3.05) is 0 Å². The van der Waals surface area contributed by atoms with Gasteiger partial charge in [-0.3, -0.25) is 0 Å². The Morgan fingerprint density at radius 1 is 1.33 bits per heavy atom. The quantitative estimate of drug-likeness (QED) is 0.658. The minimum absolute atomic E-state index is 0.0650. The molecule has 0 aliphatic rings. The molecule has 2 aromatic rings. The number of alkyl halides is 3. The van der Waals surface area contributed by atoms with E-state index in [0.29, 0.717) is 0 Å². The Morgan fingerprint density at radius 3 is 2.60 bits per heavy atom. The zero-order valence-corrected chi connectivity index (χ0v) is 8.13. The molecule has 0 saturated heterocycles. The molecule has 0 radical (unpaired) electrons. The van der Waals surface area contributed by atoms with Crippen LogP contribution in [0, 0.1) is 0 Å². The Hall–Kier alpha value is -1.37. The summed E-state index contributed by atoms with van der Waals surface area (Å²) in [6.07, 6.45) is -3.29. The number of fused-ring (bicyclic) bond motifs is 1. The number of aryl methyl sites for hydroxylation is 1. The summed E-state index contributed by atoms with van der Waals surface area (Å²) in [5, 5.41) is -0.257. The van der Waals surface area contributed by atoms with E-state index in [1.54, 1.807) is 7.05 Å². The topological polar surface area (TPSA) is 43.6 Å². The average molecular weight is 237 g/mol. The lowest BCUT2D eigenvalue weighted by Gasteiger charge is -2.05. The molecule has 2 heterocycles. The fourth-order valence-corrected chi connectivity index (χ4v) is 1.43. The highest BCUT2D eigenvalue weighted by atomic mass is 35.5. The first-order valence-electron chi connectivity index (χ1n) is 3.81. The number of imidazole rings is 1. The highest BCUT2D eigenvalue weighted by Crippen LogP contribution is 2.29. The molecule has 2 rings (SSSR count). The van der Waals surface area contributed by atoms with Gasteiger partial charge in [0.1, 0.15) is 5.52 Å². The van der Waals surface area contributed by atoms with Crippen LogP contribution in [0.1, 0.15) is 5.82 Å². The SMILES string of the molecule is Cn1cnc2nc(C(F)(F)F)nc(Cl)c21. The molecule has 0 saturated carbocycles. The summed E-state index contributed by atoms with van der Waals surface area (Å²) in [7, 11) is 1.60. The second-order valence-corrected chi connectivity index (χ2v) is 3.22. The Balaban J connectivity index is 2.74. The van der Waals surface area contributed by atoms with Gasteiger partial charge in [0.15, 0.2) is 10.8 Å². The molecule has 0 amide bonds. The molecule has 0 unspecified atom stereocenters.